The number of carbonyl (C=O) groups excluding carboxylic acids is 1. The van der Waals surface area contributed by atoms with Gasteiger partial charge in [-0.15, -0.1) is 11.3 Å². The molecule has 8 heteroatoms. The van der Waals surface area contributed by atoms with Gasteiger partial charge in [-0.3, -0.25) is 4.79 Å². The molecule has 19 heavy (non-hydrogen) atoms. The van der Waals surface area contributed by atoms with Crippen molar-refractivity contribution >= 4 is 37.0 Å². The molecule has 1 rings (SSSR count). The van der Waals surface area contributed by atoms with E-state index in [4.69, 9.17) is 15.4 Å². The van der Waals surface area contributed by atoms with Crippen LogP contribution < -0.4 is 5.32 Å². The number of methoxy groups -OCH3 is 1. The van der Waals surface area contributed by atoms with Crippen molar-refractivity contribution in [3.63, 3.8) is 0 Å². The summed E-state index contributed by atoms with van der Waals surface area (Å²) in [4.78, 5) is 11.7. The molecule has 0 unspecified atom stereocenters. The Hall–Kier alpha value is -0.630. The maximum Gasteiger partial charge on any atom is 0.270 e. The average molecular weight is 326 g/mol. The Morgan fingerprint density at radius 2 is 2.16 bits per heavy atom. The lowest BCUT2D eigenvalue weighted by Gasteiger charge is -2.03. The van der Waals surface area contributed by atoms with Crippen LogP contribution in [0.4, 0.5) is 0 Å². The molecule has 1 aromatic rings. The summed E-state index contributed by atoms with van der Waals surface area (Å²) in [5.74, 6) is -0.283. The van der Waals surface area contributed by atoms with E-state index in [9.17, 15) is 13.2 Å². The minimum atomic E-state index is -3.75. The molecule has 1 heterocycles. The van der Waals surface area contributed by atoms with Gasteiger partial charge in [-0.2, -0.15) is 0 Å². The lowest BCUT2D eigenvalue weighted by atomic mass is 10.2. The predicted molar refractivity (Wildman–Crippen MR) is 75.4 cm³/mol. The van der Waals surface area contributed by atoms with E-state index in [0.717, 1.165) is 37.2 Å². The van der Waals surface area contributed by atoms with Gasteiger partial charge in [0.15, 0.2) is 0 Å². The fourth-order valence-corrected chi connectivity index (χ4v) is 3.36. The third-order valence-corrected chi connectivity index (χ3v) is 5.43. The van der Waals surface area contributed by atoms with Crippen LogP contribution in [0.1, 0.15) is 29.6 Å². The summed E-state index contributed by atoms with van der Waals surface area (Å²) in [6.07, 6.45) is 2.79. The second-order valence-corrected chi connectivity index (χ2v) is 7.61. The van der Waals surface area contributed by atoms with E-state index in [1.165, 1.54) is 11.4 Å². The van der Waals surface area contributed by atoms with Gasteiger partial charge in [0.25, 0.3) is 15.0 Å². The number of hydrogen-bond donors (Lipinski definition) is 1. The lowest BCUT2D eigenvalue weighted by molar-refractivity contribution is 0.0953. The Labute approximate surface area is 121 Å². The number of hydrogen-bond acceptors (Lipinski definition) is 5. The van der Waals surface area contributed by atoms with Crippen LogP contribution in [-0.4, -0.2) is 34.6 Å². The molecule has 1 aromatic heterocycles. The van der Waals surface area contributed by atoms with Crippen molar-refractivity contribution in [2.75, 3.05) is 20.3 Å². The third kappa shape index (κ3) is 5.90. The maximum atomic E-state index is 11.7. The highest BCUT2D eigenvalue weighted by Gasteiger charge is 2.16. The molecule has 0 saturated heterocycles. The standard InChI is InChI=1S/C11H16ClNO4S2/c1-17-6-4-2-3-5-13-11(14)9-7-10(18-8-9)19(12,15)16/h7-8H,2-6H2,1H3,(H,13,14). The smallest absolute Gasteiger partial charge is 0.270 e. The number of rotatable bonds is 8. The third-order valence-electron chi connectivity index (χ3n) is 2.39. The van der Waals surface area contributed by atoms with Gasteiger partial charge < -0.3 is 10.1 Å². The van der Waals surface area contributed by atoms with Crippen molar-refractivity contribution in [1.29, 1.82) is 0 Å². The van der Waals surface area contributed by atoms with E-state index in [1.807, 2.05) is 0 Å². The topological polar surface area (TPSA) is 72.5 Å². The van der Waals surface area contributed by atoms with Gasteiger partial charge in [-0.25, -0.2) is 8.42 Å². The quantitative estimate of drug-likeness (QED) is 0.587. The van der Waals surface area contributed by atoms with Crippen LogP contribution in [-0.2, 0) is 13.8 Å². The van der Waals surface area contributed by atoms with E-state index in [2.05, 4.69) is 5.32 Å². The molecule has 0 radical (unpaired) electrons. The molecule has 0 fully saturated rings. The van der Waals surface area contributed by atoms with Crippen LogP contribution in [0, 0.1) is 0 Å². The second kappa shape index (κ2) is 7.84. The molecule has 108 valence electrons. The summed E-state index contributed by atoms with van der Waals surface area (Å²) >= 11 is 0.938. The minimum Gasteiger partial charge on any atom is -0.385 e. The molecular formula is C11H16ClNO4S2. The fraction of sp³-hybridized carbons (Fsp3) is 0.545. The number of ether oxygens (including phenoxy) is 1. The van der Waals surface area contributed by atoms with Crippen LogP contribution in [0.25, 0.3) is 0 Å². The van der Waals surface area contributed by atoms with Crippen LogP contribution in [0.2, 0.25) is 0 Å². The van der Waals surface area contributed by atoms with Gasteiger partial charge in [0.2, 0.25) is 0 Å². The largest absolute Gasteiger partial charge is 0.385 e. The first-order valence-corrected chi connectivity index (χ1v) is 8.94. The van der Waals surface area contributed by atoms with Crippen LogP contribution in [0.15, 0.2) is 15.7 Å². The molecule has 1 amide bonds. The van der Waals surface area contributed by atoms with Gasteiger partial charge >= 0.3 is 0 Å². The molecule has 0 spiro atoms. The average Bonchev–Trinajstić information content (AvgIpc) is 2.82. The summed E-state index contributed by atoms with van der Waals surface area (Å²) in [5.41, 5.74) is 0.320. The monoisotopic (exact) mass is 325 g/mol. The molecular weight excluding hydrogens is 310 g/mol. The Morgan fingerprint density at radius 3 is 2.74 bits per heavy atom. The summed E-state index contributed by atoms with van der Waals surface area (Å²) in [7, 11) is 3.09. The Bertz CT molecular complexity index is 513. The van der Waals surface area contributed by atoms with Gasteiger partial charge in [0.1, 0.15) is 4.21 Å². The molecule has 0 saturated carbocycles. The summed E-state index contributed by atoms with van der Waals surface area (Å²) in [6, 6.07) is 1.28. The van der Waals surface area contributed by atoms with Crippen molar-refractivity contribution in [1.82, 2.24) is 5.32 Å². The van der Waals surface area contributed by atoms with Gasteiger partial charge in [0, 0.05) is 36.3 Å². The highest BCUT2D eigenvalue weighted by Crippen LogP contribution is 2.23. The van der Waals surface area contributed by atoms with E-state index in [1.54, 1.807) is 7.11 Å². The molecule has 0 aliphatic rings. The summed E-state index contributed by atoms with van der Waals surface area (Å²) < 4.78 is 27.0. The van der Waals surface area contributed by atoms with Crippen LogP contribution >= 0.6 is 22.0 Å². The first-order valence-electron chi connectivity index (χ1n) is 5.75. The molecule has 0 aliphatic carbocycles. The zero-order valence-corrected chi connectivity index (χ0v) is 12.9. The molecule has 0 aromatic carbocycles. The lowest BCUT2D eigenvalue weighted by Crippen LogP contribution is -2.23. The summed E-state index contributed by atoms with van der Waals surface area (Å²) in [5, 5.41) is 4.21. The van der Waals surface area contributed by atoms with Crippen molar-refractivity contribution in [3.05, 3.63) is 17.0 Å². The molecule has 0 aliphatic heterocycles. The zero-order valence-electron chi connectivity index (χ0n) is 10.5. The van der Waals surface area contributed by atoms with Crippen molar-refractivity contribution in [2.45, 2.75) is 23.5 Å². The fourth-order valence-electron chi connectivity index (χ4n) is 1.42. The minimum absolute atomic E-state index is 0.0144. The number of unbranched alkanes of at least 4 members (excludes halogenated alkanes) is 2. The van der Waals surface area contributed by atoms with E-state index in [0.29, 0.717) is 12.1 Å². The van der Waals surface area contributed by atoms with Crippen LogP contribution in [0.5, 0.6) is 0 Å². The number of thiophene rings is 1. The SMILES string of the molecule is COCCCCCNC(=O)c1csc(S(=O)(=O)Cl)c1. The highest BCUT2D eigenvalue weighted by atomic mass is 35.7. The predicted octanol–water partition coefficient (Wildman–Crippen LogP) is 2.22. The van der Waals surface area contributed by atoms with Gasteiger partial charge in [-0.1, -0.05) is 0 Å². The van der Waals surface area contributed by atoms with E-state index < -0.39 is 9.05 Å². The van der Waals surface area contributed by atoms with Gasteiger partial charge in [-0.05, 0) is 25.3 Å². The van der Waals surface area contributed by atoms with E-state index >= 15 is 0 Å². The first kappa shape index (κ1) is 16.4. The zero-order chi connectivity index (χ0) is 14.3. The highest BCUT2D eigenvalue weighted by molar-refractivity contribution is 8.15. The summed E-state index contributed by atoms with van der Waals surface area (Å²) in [6.45, 7) is 1.27. The van der Waals surface area contributed by atoms with E-state index in [-0.39, 0.29) is 10.1 Å². The number of halogens is 1. The Balaban J connectivity index is 2.36. The van der Waals surface area contributed by atoms with Crippen molar-refractivity contribution in [2.24, 2.45) is 0 Å². The second-order valence-electron chi connectivity index (χ2n) is 3.90. The molecule has 0 atom stereocenters. The van der Waals surface area contributed by atoms with Crippen molar-refractivity contribution in [3.8, 4) is 0 Å². The first-order chi connectivity index (χ1) is 8.95. The molecule has 1 N–H and O–H groups in total. The number of nitrogens with one attached hydrogen (secondary N) is 1. The molecule has 5 nitrogen and oxygen atoms in total. The number of carbonyl (C=O) groups is 1. The van der Waals surface area contributed by atoms with Crippen LogP contribution in [0.3, 0.4) is 0 Å². The Kier molecular flexibility index (Phi) is 6.78. The van der Waals surface area contributed by atoms with Gasteiger partial charge in [0.05, 0.1) is 5.56 Å². The normalized spacial score (nSPS) is 11.5. The number of amides is 1. The van der Waals surface area contributed by atoms with Crippen molar-refractivity contribution < 1.29 is 17.9 Å². The molecule has 0 bridgehead atoms. The maximum absolute atomic E-state index is 11.7. The Morgan fingerprint density at radius 1 is 1.42 bits per heavy atom.